The Balaban J connectivity index is 1.53. The van der Waals surface area contributed by atoms with Crippen molar-refractivity contribution in [1.29, 1.82) is 0 Å². The van der Waals surface area contributed by atoms with E-state index in [-0.39, 0.29) is 12.2 Å². The minimum atomic E-state index is -0.0993. The molecule has 0 amide bonds. The van der Waals surface area contributed by atoms with E-state index in [1.807, 2.05) is 43.3 Å². The maximum absolute atomic E-state index is 6.00. The number of nitrogens with one attached hydrogen (secondary N) is 2. The first kappa shape index (κ1) is 21.0. The van der Waals surface area contributed by atoms with Crippen molar-refractivity contribution in [3.05, 3.63) is 48.4 Å². The molecule has 29 heavy (non-hydrogen) atoms. The van der Waals surface area contributed by atoms with Crippen LogP contribution in [0.4, 0.5) is 0 Å². The van der Waals surface area contributed by atoms with Crippen molar-refractivity contribution >= 4 is 5.96 Å². The van der Waals surface area contributed by atoms with Crippen molar-refractivity contribution < 1.29 is 18.6 Å². The molecule has 1 aliphatic rings. The van der Waals surface area contributed by atoms with Crippen LogP contribution in [0.2, 0.25) is 0 Å². The highest BCUT2D eigenvalue weighted by Gasteiger charge is 2.16. The van der Waals surface area contributed by atoms with Gasteiger partial charge in [-0.25, -0.2) is 4.99 Å². The van der Waals surface area contributed by atoms with Gasteiger partial charge in [-0.1, -0.05) is 12.1 Å². The van der Waals surface area contributed by atoms with Crippen LogP contribution in [0, 0.1) is 0 Å². The fraction of sp³-hybridized carbons (Fsp3) is 0.500. The van der Waals surface area contributed by atoms with Gasteiger partial charge < -0.3 is 29.3 Å². The number of methoxy groups -OCH3 is 1. The van der Waals surface area contributed by atoms with Gasteiger partial charge in [0.1, 0.15) is 11.9 Å². The lowest BCUT2D eigenvalue weighted by Crippen LogP contribution is -2.42. The quantitative estimate of drug-likeness (QED) is 0.471. The number of ether oxygens (including phenoxy) is 3. The van der Waals surface area contributed by atoms with Crippen LogP contribution in [-0.4, -0.2) is 51.5 Å². The summed E-state index contributed by atoms with van der Waals surface area (Å²) >= 11 is 0. The molecule has 1 saturated heterocycles. The molecular formula is C22H31N3O4. The van der Waals surface area contributed by atoms with Crippen LogP contribution in [0.15, 0.2) is 52.1 Å². The lowest BCUT2D eigenvalue weighted by atomic mass is 10.2. The van der Waals surface area contributed by atoms with Crippen molar-refractivity contribution in [3.63, 3.8) is 0 Å². The first-order valence-corrected chi connectivity index (χ1v) is 10.2. The van der Waals surface area contributed by atoms with E-state index in [1.165, 1.54) is 0 Å². The molecule has 2 N–H and O–H groups in total. The summed E-state index contributed by atoms with van der Waals surface area (Å²) in [6.07, 6.45) is 4.83. The molecule has 7 nitrogen and oxygen atoms in total. The van der Waals surface area contributed by atoms with Crippen LogP contribution in [0.1, 0.15) is 25.5 Å². The molecule has 7 heteroatoms. The van der Waals surface area contributed by atoms with Gasteiger partial charge in [0.2, 0.25) is 0 Å². The van der Waals surface area contributed by atoms with Crippen LogP contribution in [0.5, 0.6) is 11.5 Å². The van der Waals surface area contributed by atoms with E-state index in [4.69, 9.17) is 23.6 Å². The Morgan fingerprint density at radius 1 is 1.21 bits per heavy atom. The third kappa shape index (κ3) is 7.02. The number of nitrogens with zero attached hydrogens (tertiary/aromatic N) is 1. The first-order valence-electron chi connectivity index (χ1n) is 10.2. The molecule has 0 radical (unpaired) electrons. The van der Waals surface area contributed by atoms with E-state index in [0.29, 0.717) is 6.54 Å². The summed E-state index contributed by atoms with van der Waals surface area (Å²) < 4.78 is 22.4. The van der Waals surface area contributed by atoms with E-state index in [2.05, 4.69) is 10.6 Å². The summed E-state index contributed by atoms with van der Waals surface area (Å²) in [5.74, 6) is 3.14. The van der Waals surface area contributed by atoms with Crippen LogP contribution < -0.4 is 20.1 Å². The Kier molecular flexibility index (Phi) is 8.25. The molecule has 0 saturated carbocycles. The van der Waals surface area contributed by atoms with Gasteiger partial charge in [-0.15, -0.1) is 0 Å². The Bertz CT molecular complexity index is 742. The molecule has 0 bridgehead atoms. The SMILES string of the molecule is COc1ccccc1OC(C)CN=C(NCCc1ccco1)NCC1CCCO1. The highest BCUT2D eigenvalue weighted by atomic mass is 16.5. The van der Waals surface area contributed by atoms with Crippen molar-refractivity contribution in [3.8, 4) is 11.5 Å². The van der Waals surface area contributed by atoms with Gasteiger partial charge >= 0.3 is 0 Å². The molecule has 2 aromatic rings. The predicted molar refractivity (Wildman–Crippen MR) is 113 cm³/mol. The number of furan rings is 1. The first-order chi connectivity index (χ1) is 14.2. The van der Waals surface area contributed by atoms with Crippen LogP contribution in [0.25, 0.3) is 0 Å². The molecule has 158 valence electrons. The summed E-state index contributed by atoms with van der Waals surface area (Å²) in [5.41, 5.74) is 0. The van der Waals surface area contributed by atoms with Crippen molar-refractivity contribution in [1.82, 2.24) is 10.6 Å². The van der Waals surface area contributed by atoms with Gasteiger partial charge in [-0.05, 0) is 44.0 Å². The average Bonchev–Trinajstić information content (AvgIpc) is 3.44. The zero-order chi connectivity index (χ0) is 20.3. The lowest BCUT2D eigenvalue weighted by Gasteiger charge is -2.18. The summed E-state index contributed by atoms with van der Waals surface area (Å²) in [5, 5.41) is 6.75. The standard InChI is InChI=1S/C22H31N3O4/c1-17(29-21-10-4-3-9-20(21)26-2)15-24-22(25-16-19-8-6-14-28-19)23-12-11-18-7-5-13-27-18/h3-5,7,9-10,13,17,19H,6,8,11-12,14-16H2,1-2H3,(H2,23,24,25). The second-order valence-corrected chi connectivity index (χ2v) is 7.04. The second-order valence-electron chi connectivity index (χ2n) is 7.04. The monoisotopic (exact) mass is 401 g/mol. The van der Waals surface area contributed by atoms with E-state index in [1.54, 1.807) is 13.4 Å². The fourth-order valence-corrected chi connectivity index (χ4v) is 3.14. The van der Waals surface area contributed by atoms with E-state index >= 15 is 0 Å². The predicted octanol–water partition coefficient (Wildman–Crippen LogP) is 3.01. The van der Waals surface area contributed by atoms with Crippen LogP contribution >= 0.6 is 0 Å². The fourth-order valence-electron chi connectivity index (χ4n) is 3.14. The van der Waals surface area contributed by atoms with Crippen molar-refractivity contribution in [2.75, 3.05) is 33.4 Å². The third-order valence-electron chi connectivity index (χ3n) is 4.67. The van der Waals surface area contributed by atoms with Crippen LogP contribution in [-0.2, 0) is 11.2 Å². The average molecular weight is 402 g/mol. The molecule has 1 aromatic carbocycles. The maximum Gasteiger partial charge on any atom is 0.191 e. The number of hydrogen-bond donors (Lipinski definition) is 2. The number of guanidine groups is 1. The number of benzene rings is 1. The second kappa shape index (κ2) is 11.4. The van der Waals surface area contributed by atoms with Crippen LogP contribution in [0.3, 0.4) is 0 Å². The Morgan fingerprint density at radius 3 is 2.79 bits per heavy atom. The van der Waals surface area contributed by atoms with E-state index < -0.39 is 0 Å². The molecule has 1 aromatic heterocycles. The number of para-hydroxylation sites is 2. The summed E-state index contributed by atoms with van der Waals surface area (Å²) in [6.45, 7) is 4.83. The maximum atomic E-state index is 6.00. The van der Waals surface area contributed by atoms with E-state index in [9.17, 15) is 0 Å². The van der Waals surface area contributed by atoms with Gasteiger partial charge in [0.05, 0.1) is 26.0 Å². The van der Waals surface area contributed by atoms with E-state index in [0.717, 1.165) is 62.2 Å². The van der Waals surface area contributed by atoms with Gasteiger partial charge in [0.25, 0.3) is 0 Å². The third-order valence-corrected chi connectivity index (χ3v) is 4.67. The molecule has 1 aliphatic heterocycles. The zero-order valence-electron chi connectivity index (χ0n) is 17.2. The van der Waals surface area contributed by atoms with Gasteiger partial charge in [0.15, 0.2) is 17.5 Å². The summed E-state index contributed by atoms with van der Waals surface area (Å²) in [6, 6.07) is 11.5. The lowest BCUT2D eigenvalue weighted by molar-refractivity contribution is 0.113. The molecule has 0 aliphatic carbocycles. The van der Waals surface area contributed by atoms with Crippen molar-refractivity contribution in [2.45, 2.75) is 38.4 Å². The van der Waals surface area contributed by atoms with Gasteiger partial charge in [-0.2, -0.15) is 0 Å². The summed E-state index contributed by atoms with van der Waals surface area (Å²) in [7, 11) is 1.64. The van der Waals surface area contributed by atoms with Gasteiger partial charge in [-0.3, -0.25) is 0 Å². The normalized spacial score (nSPS) is 17.7. The number of rotatable bonds is 10. The topological polar surface area (TPSA) is 77.2 Å². The number of hydrogen-bond acceptors (Lipinski definition) is 5. The largest absolute Gasteiger partial charge is 0.493 e. The zero-order valence-corrected chi connectivity index (χ0v) is 17.2. The molecule has 2 atom stereocenters. The smallest absolute Gasteiger partial charge is 0.191 e. The summed E-state index contributed by atoms with van der Waals surface area (Å²) in [4.78, 5) is 4.70. The molecule has 1 fully saturated rings. The number of aliphatic imine (C=N–C) groups is 1. The molecule has 2 heterocycles. The highest BCUT2D eigenvalue weighted by molar-refractivity contribution is 5.79. The van der Waals surface area contributed by atoms with Gasteiger partial charge in [0, 0.05) is 26.1 Å². The van der Waals surface area contributed by atoms with Crippen molar-refractivity contribution in [2.24, 2.45) is 4.99 Å². The molecule has 0 spiro atoms. The highest BCUT2D eigenvalue weighted by Crippen LogP contribution is 2.26. The molecule has 3 rings (SSSR count). The molecule has 2 unspecified atom stereocenters. The minimum Gasteiger partial charge on any atom is -0.493 e. The Labute approximate surface area is 172 Å². The minimum absolute atomic E-state index is 0.0993. The molecular weight excluding hydrogens is 370 g/mol. The Hall–Kier alpha value is -2.67. The Morgan fingerprint density at radius 2 is 2.07 bits per heavy atom.